The van der Waals surface area contributed by atoms with E-state index in [1.54, 1.807) is 0 Å². The van der Waals surface area contributed by atoms with Gasteiger partial charge in [-0.3, -0.25) is 0 Å². The second-order valence-corrected chi connectivity index (χ2v) is 2.40. The van der Waals surface area contributed by atoms with Crippen LogP contribution in [0.2, 0.25) is 0 Å². The molecule has 0 saturated heterocycles. The lowest BCUT2D eigenvalue weighted by Gasteiger charge is -2.21. The highest BCUT2D eigenvalue weighted by Crippen LogP contribution is 2.09. The van der Waals surface area contributed by atoms with E-state index in [0.717, 1.165) is 6.42 Å². The molecule has 9 heavy (non-hydrogen) atoms. The molecule has 56 valence electrons. The van der Waals surface area contributed by atoms with Crippen LogP contribution >= 0.6 is 0 Å². The topological polar surface area (TPSA) is 60.7 Å². The van der Waals surface area contributed by atoms with Crippen molar-refractivity contribution in [3.8, 4) is 0 Å². The van der Waals surface area contributed by atoms with Gasteiger partial charge in [0.05, 0.1) is 0 Å². The zero-order valence-corrected chi connectivity index (χ0v) is 5.83. The largest absolute Gasteiger partial charge is 0.388 e. The molecule has 3 heteroatoms. The van der Waals surface area contributed by atoms with Crippen LogP contribution < -0.4 is 0 Å². The van der Waals surface area contributed by atoms with E-state index in [1.165, 1.54) is 6.92 Å². The van der Waals surface area contributed by atoms with Crippen LogP contribution in [0, 0.1) is 0 Å². The van der Waals surface area contributed by atoms with Crippen molar-refractivity contribution in [3.05, 3.63) is 0 Å². The van der Waals surface area contributed by atoms with Gasteiger partial charge in [-0.2, -0.15) is 0 Å². The minimum atomic E-state index is -1.93. The average Bonchev–Trinajstić information content (AvgIpc) is 1.64. The Labute approximate surface area is 54.9 Å². The Morgan fingerprint density at radius 3 is 2.00 bits per heavy atom. The van der Waals surface area contributed by atoms with Crippen LogP contribution in [0.15, 0.2) is 0 Å². The standard InChI is InChI=1S/C6H14O3/c1-3-4-5(7)6(2,8)9/h5,7-9H,3-4H2,1-2H3. The van der Waals surface area contributed by atoms with Crippen LogP contribution in [0.4, 0.5) is 0 Å². The summed E-state index contributed by atoms with van der Waals surface area (Å²) in [5.41, 5.74) is 0. The van der Waals surface area contributed by atoms with Gasteiger partial charge in [-0.15, -0.1) is 0 Å². The maximum atomic E-state index is 8.89. The van der Waals surface area contributed by atoms with Crippen molar-refractivity contribution in [1.82, 2.24) is 0 Å². The van der Waals surface area contributed by atoms with E-state index >= 15 is 0 Å². The van der Waals surface area contributed by atoms with Crippen LogP contribution in [0.3, 0.4) is 0 Å². The molecule has 0 spiro atoms. The first-order valence-electron chi connectivity index (χ1n) is 3.11. The van der Waals surface area contributed by atoms with Crippen LogP contribution in [0.25, 0.3) is 0 Å². The lowest BCUT2D eigenvalue weighted by molar-refractivity contribution is -0.212. The van der Waals surface area contributed by atoms with Gasteiger partial charge in [-0.1, -0.05) is 13.3 Å². The molecule has 1 atom stereocenters. The summed E-state index contributed by atoms with van der Waals surface area (Å²) in [5.74, 6) is -1.93. The van der Waals surface area contributed by atoms with Gasteiger partial charge < -0.3 is 15.3 Å². The van der Waals surface area contributed by atoms with Crippen molar-refractivity contribution in [1.29, 1.82) is 0 Å². The van der Waals surface area contributed by atoms with E-state index in [4.69, 9.17) is 15.3 Å². The highest BCUT2D eigenvalue weighted by molar-refractivity contribution is 4.67. The third-order valence-corrected chi connectivity index (χ3v) is 1.19. The van der Waals surface area contributed by atoms with Crippen molar-refractivity contribution < 1.29 is 15.3 Å². The van der Waals surface area contributed by atoms with E-state index in [2.05, 4.69) is 0 Å². The van der Waals surface area contributed by atoms with Crippen molar-refractivity contribution >= 4 is 0 Å². The molecule has 0 radical (unpaired) electrons. The molecule has 0 rings (SSSR count). The van der Waals surface area contributed by atoms with E-state index in [0.29, 0.717) is 6.42 Å². The summed E-state index contributed by atoms with van der Waals surface area (Å²) < 4.78 is 0. The van der Waals surface area contributed by atoms with Crippen LogP contribution in [0.5, 0.6) is 0 Å². The summed E-state index contributed by atoms with van der Waals surface area (Å²) in [6, 6.07) is 0. The van der Waals surface area contributed by atoms with Crippen molar-refractivity contribution in [3.63, 3.8) is 0 Å². The predicted octanol–water partition coefficient (Wildman–Crippen LogP) is -0.152. The highest BCUT2D eigenvalue weighted by Gasteiger charge is 2.25. The first-order chi connectivity index (χ1) is 3.98. The first-order valence-corrected chi connectivity index (χ1v) is 3.11. The van der Waals surface area contributed by atoms with Gasteiger partial charge in [0.2, 0.25) is 0 Å². The van der Waals surface area contributed by atoms with Gasteiger partial charge in [0.15, 0.2) is 5.79 Å². The lowest BCUT2D eigenvalue weighted by Crippen LogP contribution is -2.38. The Bertz CT molecular complexity index is 74.9. The van der Waals surface area contributed by atoms with Gasteiger partial charge in [0, 0.05) is 0 Å². The fourth-order valence-corrected chi connectivity index (χ4v) is 0.547. The van der Waals surface area contributed by atoms with Crippen LogP contribution in [-0.2, 0) is 0 Å². The zero-order chi connectivity index (χ0) is 7.49. The molecule has 0 aromatic rings. The smallest absolute Gasteiger partial charge is 0.186 e. The molecular formula is C6H14O3. The second kappa shape index (κ2) is 3.15. The van der Waals surface area contributed by atoms with Gasteiger partial charge in [0.1, 0.15) is 6.10 Å². The van der Waals surface area contributed by atoms with E-state index in [-0.39, 0.29) is 0 Å². The Morgan fingerprint density at radius 1 is 1.44 bits per heavy atom. The molecular weight excluding hydrogens is 120 g/mol. The summed E-state index contributed by atoms with van der Waals surface area (Å²) in [4.78, 5) is 0. The summed E-state index contributed by atoms with van der Waals surface area (Å²) in [6.07, 6.45) is 0.143. The number of hydrogen-bond donors (Lipinski definition) is 3. The molecule has 0 aromatic carbocycles. The highest BCUT2D eigenvalue weighted by atomic mass is 16.5. The molecule has 0 amide bonds. The first kappa shape index (κ1) is 8.88. The molecule has 0 saturated carbocycles. The average molecular weight is 134 g/mol. The maximum Gasteiger partial charge on any atom is 0.186 e. The fourth-order valence-electron chi connectivity index (χ4n) is 0.547. The molecule has 0 aliphatic carbocycles. The quantitative estimate of drug-likeness (QED) is 0.470. The minimum Gasteiger partial charge on any atom is -0.388 e. The number of aliphatic hydroxyl groups excluding tert-OH is 1. The number of rotatable bonds is 3. The van der Waals surface area contributed by atoms with Crippen molar-refractivity contribution in [2.75, 3.05) is 0 Å². The molecule has 3 N–H and O–H groups in total. The number of hydrogen-bond acceptors (Lipinski definition) is 3. The SMILES string of the molecule is CCCC(O)C(C)(O)O. The van der Waals surface area contributed by atoms with Crippen molar-refractivity contribution in [2.45, 2.75) is 38.6 Å². The van der Waals surface area contributed by atoms with Crippen molar-refractivity contribution in [2.24, 2.45) is 0 Å². The Balaban J connectivity index is 3.59. The number of aliphatic hydroxyl groups is 3. The predicted molar refractivity (Wildman–Crippen MR) is 33.8 cm³/mol. The van der Waals surface area contributed by atoms with Crippen LogP contribution in [-0.4, -0.2) is 27.2 Å². The van der Waals surface area contributed by atoms with E-state index in [9.17, 15) is 0 Å². The molecule has 0 fully saturated rings. The third-order valence-electron chi connectivity index (χ3n) is 1.19. The third kappa shape index (κ3) is 3.46. The Morgan fingerprint density at radius 2 is 1.89 bits per heavy atom. The monoisotopic (exact) mass is 134 g/mol. The molecule has 3 nitrogen and oxygen atoms in total. The molecule has 1 unspecified atom stereocenters. The maximum absolute atomic E-state index is 8.89. The molecule has 0 aromatic heterocycles. The Kier molecular flexibility index (Phi) is 3.11. The van der Waals surface area contributed by atoms with Gasteiger partial charge >= 0.3 is 0 Å². The van der Waals surface area contributed by atoms with Crippen LogP contribution in [0.1, 0.15) is 26.7 Å². The summed E-state index contributed by atoms with van der Waals surface area (Å²) in [5, 5.41) is 26.3. The fraction of sp³-hybridized carbons (Fsp3) is 1.00. The second-order valence-electron chi connectivity index (χ2n) is 2.40. The molecule has 0 aliphatic rings. The van der Waals surface area contributed by atoms with E-state index in [1.807, 2.05) is 6.92 Å². The summed E-state index contributed by atoms with van der Waals surface area (Å²) in [6.45, 7) is 3.04. The minimum absolute atomic E-state index is 0.420. The van der Waals surface area contributed by atoms with Gasteiger partial charge in [0.25, 0.3) is 0 Å². The molecule has 0 aliphatic heterocycles. The summed E-state index contributed by atoms with van der Waals surface area (Å²) in [7, 11) is 0. The zero-order valence-electron chi connectivity index (χ0n) is 5.83. The Hall–Kier alpha value is -0.120. The van der Waals surface area contributed by atoms with E-state index < -0.39 is 11.9 Å². The van der Waals surface area contributed by atoms with Gasteiger partial charge in [-0.05, 0) is 13.3 Å². The molecule has 0 bridgehead atoms. The molecule has 0 heterocycles. The normalized spacial score (nSPS) is 15.7. The van der Waals surface area contributed by atoms with Gasteiger partial charge in [-0.25, -0.2) is 0 Å². The summed E-state index contributed by atoms with van der Waals surface area (Å²) >= 11 is 0. The lowest BCUT2D eigenvalue weighted by atomic mass is 10.1.